The predicted molar refractivity (Wildman–Crippen MR) is 50.7 cm³/mol. The smallest absolute Gasteiger partial charge is 0.313 e. The molecule has 0 fully saturated rings. The van der Waals surface area contributed by atoms with E-state index in [-0.39, 0.29) is 5.78 Å². The summed E-state index contributed by atoms with van der Waals surface area (Å²) in [5.41, 5.74) is 1.07. The van der Waals surface area contributed by atoms with Gasteiger partial charge < -0.3 is 5.32 Å². The van der Waals surface area contributed by atoms with Gasteiger partial charge in [-0.15, -0.1) is 0 Å². The lowest BCUT2D eigenvalue weighted by Crippen LogP contribution is -2.07. The van der Waals surface area contributed by atoms with Crippen LogP contribution in [0.5, 0.6) is 0 Å². The van der Waals surface area contributed by atoms with Gasteiger partial charge in [-0.1, -0.05) is 0 Å². The summed E-state index contributed by atoms with van der Waals surface area (Å²) in [4.78, 5) is 21.6. The molecule has 0 saturated carbocycles. The lowest BCUT2D eigenvalue weighted by Gasteiger charge is -2.00. The van der Waals surface area contributed by atoms with Gasteiger partial charge in [-0.2, -0.15) is 5.26 Å². The SMILES string of the molecule is CC(=O)c1ccc(NC(=O)C#N)cc1. The van der Waals surface area contributed by atoms with E-state index in [1.54, 1.807) is 24.3 Å². The zero-order chi connectivity index (χ0) is 10.6. The maximum absolute atomic E-state index is 10.9. The molecule has 0 heterocycles. The van der Waals surface area contributed by atoms with Crippen molar-refractivity contribution in [3.05, 3.63) is 29.8 Å². The number of carbonyl (C=O) groups excluding carboxylic acids is 2. The van der Waals surface area contributed by atoms with Gasteiger partial charge in [0.15, 0.2) is 11.9 Å². The first-order valence-corrected chi connectivity index (χ1v) is 3.95. The van der Waals surface area contributed by atoms with Crippen molar-refractivity contribution in [2.45, 2.75) is 6.92 Å². The van der Waals surface area contributed by atoms with Gasteiger partial charge >= 0.3 is 5.91 Å². The van der Waals surface area contributed by atoms with Crippen LogP contribution in [-0.4, -0.2) is 11.7 Å². The monoisotopic (exact) mass is 188 g/mol. The van der Waals surface area contributed by atoms with E-state index < -0.39 is 5.91 Å². The highest BCUT2D eigenvalue weighted by Crippen LogP contribution is 2.09. The van der Waals surface area contributed by atoms with E-state index in [0.29, 0.717) is 11.3 Å². The molecule has 0 aromatic heterocycles. The zero-order valence-electron chi connectivity index (χ0n) is 7.57. The summed E-state index contributed by atoms with van der Waals surface area (Å²) in [6.07, 6.45) is 0. The van der Waals surface area contributed by atoms with E-state index in [1.807, 2.05) is 0 Å². The van der Waals surface area contributed by atoms with Crippen molar-refractivity contribution in [1.29, 1.82) is 5.26 Å². The molecular weight excluding hydrogens is 180 g/mol. The summed E-state index contributed by atoms with van der Waals surface area (Å²) in [7, 11) is 0. The van der Waals surface area contributed by atoms with Crippen LogP contribution in [0.1, 0.15) is 17.3 Å². The van der Waals surface area contributed by atoms with Gasteiger partial charge in [0, 0.05) is 11.3 Å². The maximum Gasteiger partial charge on any atom is 0.326 e. The lowest BCUT2D eigenvalue weighted by molar-refractivity contribution is -0.111. The average molecular weight is 188 g/mol. The van der Waals surface area contributed by atoms with E-state index in [1.165, 1.54) is 13.0 Å². The highest BCUT2D eigenvalue weighted by Gasteiger charge is 2.01. The summed E-state index contributed by atoms with van der Waals surface area (Å²) in [5, 5.41) is 10.6. The molecule has 4 nitrogen and oxygen atoms in total. The Morgan fingerprint density at radius 2 is 1.86 bits per heavy atom. The van der Waals surface area contributed by atoms with Crippen LogP contribution in [-0.2, 0) is 4.79 Å². The van der Waals surface area contributed by atoms with Crippen LogP contribution >= 0.6 is 0 Å². The maximum atomic E-state index is 10.9. The molecule has 0 spiro atoms. The van der Waals surface area contributed by atoms with Crippen molar-refractivity contribution >= 4 is 17.4 Å². The lowest BCUT2D eigenvalue weighted by atomic mass is 10.1. The normalized spacial score (nSPS) is 8.86. The van der Waals surface area contributed by atoms with Gasteiger partial charge in [0.2, 0.25) is 0 Å². The van der Waals surface area contributed by atoms with Gasteiger partial charge in [-0.05, 0) is 31.2 Å². The molecule has 0 bridgehead atoms. The Bertz CT molecular complexity index is 401. The number of nitriles is 1. The Balaban J connectivity index is 2.80. The largest absolute Gasteiger partial charge is 0.326 e. The Hall–Kier alpha value is -2.15. The summed E-state index contributed by atoms with van der Waals surface area (Å²) >= 11 is 0. The van der Waals surface area contributed by atoms with Crippen LogP contribution in [0.25, 0.3) is 0 Å². The third kappa shape index (κ3) is 2.42. The van der Waals surface area contributed by atoms with Crippen LogP contribution in [0.3, 0.4) is 0 Å². The Morgan fingerprint density at radius 3 is 2.29 bits per heavy atom. The molecule has 1 N–H and O–H groups in total. The molecule has 0 atom stereocenters. The van der Waals surface area contributed by atoms with Crippen molar-refractivity contribution in [3.63, 3.8) is 0 Å². The molecule has 0 radical (unpaired) electrons. The van der Waals surface area contributed by atoms with Crippen LogP contribution in [0.15, 0.2) is 24.3 Å². The molecule has 0 aliphatic carbocycles. The third-order valence-electron chi connectivity index (χ3n) is 1.65. The van der Waals surface area contributed by atoms with E-state index in [4.69, 9.17) is 5.26 Å². The van der Waals surface area contributed by atoms with E-state index in [9.17, 15) is 9.59 Å². The van der Waals surface area contributed by atoms with Gasteiger partial charge in [0.25, 0.3) is 0 Å². The second-order valence-corrected chi connectivity index (χ2v) is 2.70. The number of amides is 1. The standard InChI is InChI=1S/C10H8N2O2/c1-7(13)8-2-4-9(5-3-8)12-10(14)6-11/h2-5H,1H3,(H,12,14). The van der Waals surface area contributed by atoms with E-state index in [2.05, 4.69) is 5.32 Å². The first kappa shape index (κ1) is 9.93. The minimum Gasteiger partial charge on any atom is -0.313 e. The van der Waals surface area contributed by atoms with Gasteiger partial charge in [0.05, 0.1) is 0 Å². The molecule has 1 aromatic rings. The molecular formula is C10H8N2O2. The van der Waals surface area contributed by atoms with E-state index >= 15 is 0 Å². The summed E-state index contributed by atoms with van der Waals surface area (Å²) in [5.74, 6) is -0.760. The van der Waals surface area contributed by atoms with Gasteiger partial charge in [-0.3, -0.25) is 9.59 Å². The van der Waals surface area contributed by atoms with Gasteiger partial charge in [-0.25, -0.2) is 0 Å². The Morgan fingerprint density at radius 1 is 1.29 bits per heavy atom. The first-order chi connectivity index (χ1) is 6.63. The van der Waals surface area contributed by atoms with Crippen molar-refractivity contribution in [3.8, 4) is 6.07 Å². The topological polar surface area (TPSA) is 70.0 Å². The van der Waals surface area contributed by atoms with Crippen molar-refractivity contribution < 1.29 is 9.59 Å². The number of carbonyl (C=O) groups is 2. The third-order valence-corrected chi connectivity index (χ3v) is 1.65. The molecule has 1 amide bonds. The van der Waals surface area contributed by atoms with E-state index in [0.717, 1.165) is 0 Å². The summed E-state index contributed by atoms with van der Waals surface area (Å²) in [6, 6.07) is 7.77. The van der Waals surface area contributed by atoms with Crippen molar-refractivity contribution in [2.24, 2.45) is 0 Å². The fourth-order valence-electron chi connectivity index (χ4n) is 0.947. The summed E-state index contributed by atoms with van der Waals surface area (Å²) in [6.45, 7) is 1.46. The number of benzene rings is 1. The molecule has 0 unspecified atom stereocenters. The molecule has 70 valence electrons. The fraction of sp³-hybridized carbons (Fsp3) is 0.100. The van der Waals surface area contributed by atoms with Crippen LogP contribution in [0.2, 0.25) is 0 Å². The fourth-order valence-corrected chi connectivity index (χ4v) is 0.947. The van der Waals surface area contributed by atoms with Crippen LogP contribution in [0, 0.1) is 11.3 Å². The van der Waals surface area contributed by atoms with Crippen LogP contribution in [0.4, 0.5) is 5.69 Å². The number of nitrogens with zero attached hydrogens (tertiary/aromatic N) is 1. The average Bonchev–Trinajstić information content (AvgIpc) is 2.18. The van der Waals surface area contributed by atoms with Gasteiger partial charge in [0.1, 0.15) is 0 Å². The molecule has 1 rings (SSSR count). The minimum absolute atomic E-state index is 0.0387. The number of anilines is 1. The number of hydrogen-bond donors (Lipinski definition) is 1. The molecule has 0 aliphatic rings. The zero-order valence-corrected chi connectivity index (χ0v) is 7.57. The molecule has 4 heteroatoms. The summed E-state index contributed by atoms with van der Waals surface area (Å²) < 4.78 is 0. The Kier molecular flexibility index (Phi) is 2.97. The Labute approximate surface area is 81.2 Å². The number of hydrogen-bond acceptors (Lipinski definition) is 3. The number of nitrogens with one attached hydrogen (secondary N) is 1. The first-order valence-electron chi connectivity index (χ1n) is 3.95. The quantitative estimate of drug-likeness (QED) is 0.562. The van der Waals surface area contributed by atoms with Crippen molar-refractivity contribution in [1.82, 2.24) is 0 Å². The molecule has 0 aliphatic heterocycles. The highest BCUT2D eigenvalue weighted by atomic mass is 16.1. The molecule has 1 aromatic carbocycles. The minimum atomic E-state index is -0.722. The number of ketones is 1. The second kappa shape index (κ2) is 4.19. The number of Topliss-reactive ketones (excluding diaryl/α,β-unsaturated/α-hetero) is 1. The van der Waals surface area contributed by atoms with Crippen LogP contribution < -0.4 is 5.32 Å². The second-order valence-electron chi connectivity index (χ2n) is 2.70. The number of rotatable bonds is 2. The highest BCUT2D eigenvalue weighted by molar-refractivity contribution is 6.02. The molecule has 14 heavy (non-hydrogen) atoms. The molecule has 0 saturated heterocycles. The van der Waals surface area contributed by atoms with Crippen molar-refractivity contribution in [2.75, 3.05) is 5.32 Å². The predicted octanol–water partition coefficient (Wildman–Crippen LogP) is 1.35.